The van der Waals surface area contributed by atoms with Crippen LogP contribution in [0.4, 0.5) is 28.9 Å². The van der Waals surface area contributed by atoms with Gasteiger partial charge in [0, 0.05) is 60.9 Å². The topological polar surface area (TPSA) is 123 Å². The molecule has 3 aromatic carbocycles. The van der Waals surface area contributed by atoms with Gasteiger partial charge in [0.25, 0.3) is 0 Å². The Morgan fingerprint density at radius 2 is 1.41 bits per heavy atom. The summed E-state index contributed by atoms with van der Waals surface area (Å²) in [6, 6.07) is 20.2. The van der Waals surface area contributed by atoms with Crippen LogP contribution in [-0.4, -0.2) is 70.8 Å². The van der Waals surface area contributed by atoms with E-state index in [1.54, 1.807) is 15.6 Å². The quantitative estimate of drug-likeness (QED) is 0.157. The van der Waals surface area contributed by atoms with E-state index in [1.165, 1.54) is 12.3 Å². The molecule has 0 amide bonds. The van der Waals surface area contributed by atoms with Crippen molar-refractivity contribution >= 4 is 11.4 Å². The molecule has 1 atom stereocenters. The van der Waals surface area contributed by atoms with E-state index in [4.69, 9.17) is 0 Å². The van der Waals surface area contributed by atoms with Crippen molar-refractivity contribution in [3.8, 4) is 16.8 Å². The molecule has 1 aliphatic rings. The standard InChI is InChI=1S/C38H38F4N10O2/c1-3-29(4-2)52-36(53)51(25-45-52)32-13-11-31(12-14-32)49-19-17-48(18-20-49)30-9-5-26(6-10-30)27-7-16-35(43-22-27)38(41,42)37(54,23-50-24-44-46-47-50)33-15-8-28(39)21-34(33)40/h5-16,21-22,24-25,29,54H,3-4,17-20,23H2,1-2H3/t37-/m0/s1. The summed E-state index contributed by atoms with van der Waals surface area (Å²) >= 11 is 0. The van der Waals surface area contributed by atoms with E-state index in [9.17, 15) is 18.7 Å². The van der Waals surface area contributed by atoms with Crippen LogP contribution in [0, 0.1) is 11.6 Å². The third-order valence-electron chi connectivity index (χ3n) is 10.1. The Morgan fingerprint density at radius 1 is 0.796 bits per heavy atom. The number of hydrogen-bond acceptors (Lipinski definition) is 9. The van der Waals surface area contributed by atoms with Crippen molar-refractivity contribution < 1.29 is 22.7 Å². The van der Waals surface area contributed by atoms with Crippen LogP contribution in [0.2, 0.25) is 0 Å². The van der Waals surface area contributed by atoms with Gasteiger partial charge in [0.2, 0.25) is 0 Å². The molecule has 0 aliphatic carbocycles. The van der Waals surface area contributed by atoms with Crippen LogP contribution in [0.3, 0.4) is 0 Å². The summed E-state index contributed by atoms with van der Waals surface area (Å²) in [5.41, 5.74) is -0.900. The fourth-order valence-corrected chi connectivity index (χ4v) is 6.92. The van der Waals surface area contributed by atoms with Crippen molar-refractivity contribution in [1.82, 2.24) is 39.5 Å². The molecule has 1 fully saturated rings. The average molecular weight is 743 g/mol. The highest BCUT2D eigenvalue weighted by atomic mass is 19.3. The average Bonchev–Trinajstić information content (AvgIpc) is 3.85. The van der Waals surface area contributed by atoms with Gasteiger partial charge in [0.1, 0.15) is 30.0 Å². The van der Waals surface area contributed by atoms with Crippen LogP contribution >= 0.6 is 0 Å². The molecule has 1 N–H and O–H groups in total. The summed E-state index contributed by atoms with van der Waals surface area (Å²) in [5.74, 6) is -6.49. The summed E-state index contributed by atoms with van der Waals surface area (Å²) < 4.78 is 64.8. The Morgan fingerprint density at radius 3 is 1.96 bits per heavy atom. The zero-order chi connectivity index (χ0) is 38.0. The molecule has 0 saturated carbocycles. The summed E-state index contributed by atoms with van der Waals surface area (Å²) in [6.07, 6.45) is 5.51. The van der Waals surface area contributed by atoms with Gasteiger partial charge >= 0.3 is 11.6 Å². The third-order valence-corrected chi connectivity index (χ3v) is 10.1. The number of benzene rings is 3. The van der Waals surface area contributed by atoms with Crippen LogP contribution in [0.1, 0.15) is 44.0 Å². The maximum Gasteiger partial charge on any atom is 0.350 e. The van der Waals surface area contributed by atoms with Gasteiger partial charge in [-0.05, 0) is 83.4 Å². The van der Waals surface area contributed by atoms with Crippen LogP contribution < -0.4 is 15.5 Å². The molecule has 3 aromatic heterocycles. The van der Waals surface area contributed by atoms with Crippen LogP contribution in [0.25, 0.3) is 16.8 Å². The number of halogens is 4. The van der Waals surface area contributed by atoms with E-state index in [2.05, 4.69) is 35.4 Å². The van der Waals surface area contributed by atoms with Gasteiger partial charge in [-0.2, -0.15) is 13.9 Å². The summed E-state index contributed by atoms with van der Waals surface area (Å²) in [7, 11) is 0. The lowest BCUT2D eigenvalue weighted by atomic mass is 9.84. The van der Waals surface area contributed by atoms with Crippen LogP contribution in [-0.2, 0) is 18.1 Å². The number of rotatable bonds is 12. The van der Waals surface area contributed by atoms with Crippen molar-refractivity contribution in [3.05, 3.63) is 131 Å². The van der Waals surface area contributed by atoms with Crippen molar-refractivity contribution in [2.45, 2.75) is 50.8 Å². The van der Waals surface area contributed by atoms with Gasteiger partial charge < -0.3 is 14.9 Å². The first-order valence-corrected chi connectivity index (χ1v) is 17.6. The Labute approximate surface area is 307 Å². The normalized spacial score (nSPS) is 14.8. The summed E-state index contributed by atoms with van der Waals surface area (Å²) in [5, 5.41) is 26.1. The SMILES string of the molecule is CCC(CC)n1ncn(-c2ccc(N3CCN(c4ccc(-c5ccc(C(F)(F)[C@](O)(Cn6cnnn6)c6ccc(F)cc6F)nc5)cc4)CC3)cc2)c1=O. The Balaban J connectivity index is 1.01. The molecule has 4 heterocycles. The number of alkyl halides is 2. The molecular formula is C38H38F4N10O2. The maximum atomic E-state index is 16.2. The molecule has 7 rings (SSSR count). The molecular weight excluding hydrogens is 704 g/mol. The van der Waals surface area contributed by atoms with Crippen LogP contribution in [0.15, 0.2) is 103 Å². The highest BCUT2D eigenvalue weighted by molar-refractivity contribution is 5.66. The molecule has 54 heavy (non-hydrogen) atoms. The molecule has 12 nitrogen and oxygen atoms in total. The van der Waals surface area contributed by atoms with Gasteiger partial charge in [-0.25, -0.2) is 27.5 Å². The summed E-state index contributed by atoms with van der Waals surface area (Å²) in [6.45, 7) is 6.28. The second-order valence-electron chi connectivity index (χ2n) is 13.2. The minimum atomic E-state index is -4.15. The zero-order valence-corrected chi connectivity index (χ0v) is 29.6. The molecule has 0 unspecified atom stereocenters. The Kier molecular flexibility index (Phi) is 10.0. The predicted octanol–water partition coefficient (Wildman–Crippen LogP) is 5.73. The molecule has 0 bridgehead atoms. The van der Waals surface area contributed by atoms with Gasteiger partial charge in [-0.15, -0.1) is 5.10 Å². The summed E-state index contributed by atoms with van der Waals surface area (Å²) in [4.78, 5) is 21.5. The monoisotopic (exact) mass is 742 g/mol. The first-order valence-electron chi connectivity index (χ1n) is 17.6. The van der Waals surface area contributed by atoms with Crippen molar-refractivity contribution in [1.29, 1.82) is 0 Å². The van der Waals surface area contributed by atoms with Crippen molar-refractivity contribution in [2.24, 2.45) is 0 Å². The van der Waals surface area contributed by atoms with E-state index >= 15 is 8.78 Å². The van der Waals surface area contributed by atoms with Gasteiger partial charge in [-0.1, -0.05) is 32.0 Å². The Hall–Kier alpha value is -5.90. The number of anilines is 2. The minimum absolute atomic E-state index is 0.0742. The number of tetrazole rings is 1. The van der Waals surface area contributed by atoms with Crippen LogP contribution in [0.5, 0.6) is 0 Å². The second kappa shape index (κ2) is 14.9. The molecule has 0 radical (unpaired) electrons. The number of hydrogen-bond donors (Lipinski definition) is 1. The fraction of sp³-hybridized carbons (Fsp3) is 0.316. The number of nitrogens with zero attached hydrogens (tertiary/aromatic N) is 10. The molecule has 1 aliphatic heterocycles. The lowest BCUT2D eigenvalue weighted by molar-refractivity contribution is -0.207. The first-order chi connectivity index (χ1) is 26.0. The second-order valence-corrected chi connectivity index (χ2v) is 13.2. The van der Waals surface area contributed by atoms with E-state index in [0.29, 0.717) is 11.6 Å². The van der Waals surface area contributed by atoms with Crippen molar-refractivity contribution in [3.63, 3.8) is 0 Å². The maximum absolute atomic E-state index is 16.2. The molecule has 0 spiro atoms. The van der Waals surface area contributed by atoms with Gasteiger partial charge in [0.15, 0.2) is 5.60 Å². The highest BCUT2D eigenvalue weighted by Crippen LogP contribution is 2.47. The highest BCUT2D eigenvalue weighted by Gasteiger charge is 2.58. The Bertz CT molecular complexity index is 2230. The molecule has 1 saturated heterocycles. The van der Waals surface area contributed by atoms with E-state index in [0.717, 1.165) is 90.9 Å². The van der Waals surface area contributed by atoms with Gasteiger partial charge in [0.05, 0.1) is 18.3 Å². The fourth-order valence-electron chi connectivity index (χ4n) is 6.92. The molecule has 6 aromatic rings. The van der Waals surface area contributed by atoms with Gasteiger partial charge in [-0.3, -0.25) is 4.98 Å². The van der Waals surface area contributed by atoms with Crippen molar-refractivity contribution in [2.75, 3.05) is 36.0 Å². The lowest BCUT2D eigenvalue weighted by Crippen LogP contribution is -2.48. The first kappa shape index (κ1) is 36.5. The largest absolute Gasteiger partial charge is 0.377 e. The van der Waals surface area contributed by atoms with E-state index in [-0.39, 0.29) is 11.7 Å². The lowest BCUT2D eigenvalue weighted by Gasteiger charge is -2.37. The number of pyridine rings is 1. The van der Waals surface area contributed by atoms with E-state index < -0.39 is 41.0 Å². The zero-order valence-electron chi connectivity index (χ0n) is 29.6. The number of aliphatic hydroxyl groups is 1. The number of piperazine rings is 1. The smallest absolute Gasteiger partial charge is 0.350 e. The third kappa shape index (κ3) is 6.84. The van der Waals surface area contributed by atoms with E-state index in [1.807, 2.05) is 62.4 Å². The predicted molar refractivity (Wildman–Crippen MR) is 194 cm³/mol. The minimum Gasteiger partial charge on any atom is -0.377 e. The molecule has 280 valence electrons. The number of aromatic nitrogens is 8. The molecule has 16 heteroatoms.